The van der Waals surface area contributed by atoms with E-state index in [1.165, 1.54) is 11.8 Å². The van der Waals surface area contributed by atoms with Crippen LogP contribution in [0.3, 0.4) is 0 Å². The average Bonchev–Trinajstić information content (AvgIpc) is 2.91. The normalized spacial score (nSPS) is 17.9. The Balaban J connectivity index is 1.96. The Morgan fingerprint density at radius 1 is 1.25 bits per heavy atom. The number of phenols is 1. The lowest BCUT2D eigenvalue weighted by atomic mass is 10.1. The number of nitrogen functional groups attached to an aromatic ring is 1. The van der Waals surface area contributed by atoms with Crippen LogP contribution in [0, 0.1) is 6.92 Å². The Morgan fingerprint density at radius 3 is 2.71 bits per heavy atom. The number of allylic oxidation sites excluding steroid dienone is 1. The molecule has 0 aliphatic carbocycles. The number of benzene rings is 2. The van der Waals surface area contributed by atoms with Gasteiger partial charge in [-0.25, -0.2) is 4.99 Å². The summed E-state index contributed by atoms with van der Waals surface area (Å²) in [5.41, 5.74) is 9.49. The Kier molecular flexibility index (Phi) is 4.31. The summed E-state index contributed by atoms with van der Waals surface area (Å²) in [7, 11) is 0. The van der Waals surface area contributed by atoms with Gasteiger partial charge in [0.05, 0.1) is 4.91 Å². The molecule has 0 radical (unpaired) electrons. The van der Waals surface area contributed by atoms with Crippen molar-refractivity contribution in [2.24, 2.45) is 4.99 Å². The van der Waals surface area contributed by atoms with Crippen LogP contribution in [0.25, 0.3) is 5.57 Å². The number of nitrogens with zero attached hydrogens (tertiary/aromatic N) is 1. The molecule has 122 valence electrons. The number of carbonyl (C=O) groups is 1. The second-order valence-corrected chi connectivity index (χ2v) is 6.49. The van der Waals surface area contributed by atoms with E-state index in [9.17, 15) is 9.90 Å². The summed E-state index contributed by atoms with van der Waals surface area (Å²) in [5.74, 6) is -0.117. The third kappa shape index (κ3) is 3.14. The minimum Gasteiger partial charge on any atom is -0.506 e. The largest absolute Gasteiger partial charge is 0.506 e. The smallest absolute Gasteiger partial charge is 0.264 e. The van der Waals surface area contributed by atoms with Crippen molar-refractivity contribution < 1.29 is 9.90 Å². The van der Waals surface area contributed by atoms with Crippen LogP contribution < -0.4 is 11.1 Å². The standard InChI is InChI=1S/C18H17N3O2S/c1-10-5-3-8-14(22)15(10)20-18-21-17(23)16(24-18)11(2)12-6-4-7-13(19)9-12/h3-9,22H,19H2,1-2H3,(H,20,21,23)/b16-11-. The fourth-order valence-corrected chi connectivity index (χ4v) is 3.30. The summed E-state index contributed by atoms with van der Waals surface area (Å²) < 4.78 is 0. The quantitative estimate of drug-likeness (QED) is 0.576. The number of amides is 1. The Hall–Kier alpha value is -2.73. The third-order valence-corrected chi connectivity index (χ3v) is 4.80. The van der Waals surface area contributed by atoms with E-state index in [2.05, 4.69) is 10.3 Å². The van der Waals surface area contributed by atoms with Crippen molar-refractivity contribution in [3.63, 3.8) is 0 Å². The fourth-order valence-electron chi connectivity index (χ4n) is 2.41. The lowest BCUT2D eigenvalue weighted by Gasteiger charge is -2.05. The average molecular weight is 339 g/mol. The molecule has 1 aliphatic heterocycles. The second kappa shape index (κ2) is 6.41. The zero-order valence-electron chi connectivity index (χ0n) is 13.3. The monoisotopic (exact) mass is 339 g/mol. The van der Waals surface area contributed by atoms with Crippen LogP contribution >= 0.6 is 11.8 Å². The molecule has 1 fully saturated rings. The molecule has 1 saturated heterocycles. The first-order valence-electron chi connectivity index (χ1n) is 7.39. The van der Waals surface area contributed by atoms with Crippen molar-refractivity contribution >= 4 is 39.8 Å². The lowest BCUT2D eigenvalue weighted by Crippen LogP contribution is -2.19. The maximum Gasteiger partial charge on any atom is 0.264 e. The van der Waals surface area contributed by atoms with Crippen molar-refractivity contribution in [2.45, 2.75) is 13.8 Å². The molecular formula is C18H17N3O2S. The number of aromatic hydroxyl groups is 1. The van der Waals surface area contributed by atoms with Crippen molar-refractivity contribution in [2.75, 3.05) is 5.73 Å². The van der Waals surface area contributed by atoms with Gasteiger partial charge in [0.2, 0.25) is 0 Å². The molecule has 0 saturated carbocycles. The summed E-state index contributed by atoms with van der Waals surface area (Å²) in [6.07, 6.45) is 0. The van der Waals surface area contributed by atoms with Crippen LogP contribution in [0.2, 0.25) is 0 Å². The number of hydrogen-bond acceptors (Lipinski definition) is 5. The van der Waals surface area contributed by atoms with Gasteiger partial charge in [-0.2, -0.15) is 0 Å². The first-order valence-corrected chi connectivity index (χ1v) is 8.20. The topological polar surface area (TPSA) is 87.7 Å². The summed E-state index contributed by atoms with van der Waals surface area (Å²) in [4.78, 5) is 17.2. The molecule has 6 heteroatoms. The number of aryl methyl sites for hydroxylation is 1. The molecular weight excluding hydrogens is 322 g/mol. The van der Waals surface area contributed by atoms with E-state index in [0.29, 0.717) is 21.4 Å². The number of thioether (sulfide) groups is 1. The van der Waals surface area contributed by atoms with Crippen molar-refractivity contribution in [3.05, 3.63) is 58.5 Å². The number of aliphatic imine (C=N–C) groups is 1. The van der Waals surface area contributed by atoms with E-state index < -0.39 is 0 Å². The van der Waals surface area contributed by atoms with E-state index in [4.69, 9.17) is 5.73 Å². The highest BCUT2D eigenvalue weighted by Crippen LogP contribution is 2.36. The van der Waals surface area contributed by atoms with Gasteiger partial charge in [-0.05, 0) is 60.5 Å². The molecule has 3 rings (SSSR count). The van der Waals surface area contributed by atoms with Gasteiger partial charge in [0.1, 0.15) is 11.4 Å². The molecule has 0 spiro atoms. The van der Waals surface area contributed by atoms with Gasteiger partial charge >= 0.3 is 0 Å². The van der Waals surface area contributed by atoms with E-state index >= 15 is 0 Å². The summed E-state index contributed by atoms with van der Waals surface area (Å²) >= 11 is 1.26. The number of carbonyl (C=O) groups excluding carboxylic acids is 1. The van der Waals surface area contributed by atoms with E-state index in [1.54, 1.807) is 18.2 Å². The van der Waals surface area contributed by atoms with Crippen molar-refractivity contribution in [3.8, 4) is 5.75 Å². The number of rotatable bonds is 2. The van der Waals surface area contributed by atoms with Crippen LogP contribution in [-0.2, 0) is 4.79 Å². The zero-order chi connectivity index (χ0) is 17.3. The highest BCUT2D eigenvalue weighted by molar-refractivity contribution is 8.18. The highest BCUT2D eigenvalue weighted by Gasteiger charge is 2.26. The zero-order valence-corrected chi connectivity index (χ0v) is 14.1. The van der Waals surface area contributed by atoms with E-state index in [0.717, 1.165) is 16.7 Å². The maximum absolute atomic E-state index is 12.3. The van der Waals surface area contributed by atoms with Crippen LogP contribution in [-0.4, -0.2) is 16.2 Å². The Bertz CT molecular complexity index is 867. The minimum atomic E-state index is -0.202. The van der Waals surface area contributed by atoms with Gasteiger partial charge in [-0.1, -0.05) is 24.3 Å². The van der Waals surface area contributed by atoms with Crippen molar-refractivity contribution in [1.29, 1.82) is 0 Å². The predicted molar refractivity (Wildman–Crippen MR) is 99.1 cm³/mol. The predicted octanol–water partition coefficient (Wildman–Crippen LogP) is 3.56. The maximum atomic E-state index is 12.3. The SMILES string of the molecule is C/C(=C1/SC(=Nc2c(C)cccc2O)NC1=O)c1cccc(N)c1. The number of nitrogens with one attached hydrogen (secondary N) is 1. The molecule has 1 aliphatic rings. The van der Waals surface area contributed by atoms with Gasteiger partial charge in [-0.15, -0.1) is 0 Å². The molecule has 1 amide bonds. The molecule has 1 heterocycles. The third-order valence-electron chi connectivity index (χ3n) is 3.72. The Labute approximate surface area is 144 Å². The molecule has 0 unspecified atom stereocenters. The molecule has 0 aromatic heterocycles. The summed E-state index contributed by atoms with van der Waals surface area (Å²) in [5, 5.41) is 13.1. The first kappa shape index (κ1) is 16.1. The van der Waals surface area contributed by atoms with E-state index in [-0.39, 0.29) is 11.7 Å². The summed E-state index contributed by atoms with van der Waals surface area (Å²) in [6.45, 7) is 3.74. The molecule has 2 aromatic carbocycles. The number of anilines is 1. The van der Waals surface area contributed by atoms with Gasteiger partial charge in [0, 0.05) is 5.69 Å². The van der Waals surface area contributed by atoms with Crippen LogP contribution in [0.4, 0.5) is 11.4 Å². The number of phenolic OH excluding ortho intramolecular Hbond substituents is 1. The van der Waals surface area contributed by atoms with Crippen LogP contribution in [0.5, 0.6) is 5.75 Å². The van der Waals surface area contributed by atoms with E-state index in [1.807, 2.05) is 38.1 Å². The Morgan fingerprint density at radius 2 is 2.00 bits per heavy atom. The summed E-state index contributed by atoms with van der Waals surface area (Å²) in [6, 6.07) is 12.6. The van der Waals surface area contributed by atoms with Crippen LogP contribution in [0.1, 0.15) is 18.1 Å². The van der Waals surface area contributed by atoms with Gasteiger partial charge in [0.25, 0.3) is 5.91 Å². The van der Waals surface area contributed by atoms with Crippen LogP contribution in [0.15, 0.2) is 52.4 Å². The highest BCUT2D eigenvalue weighted by atomic mass is 32.2. The molecule has 0 atom stereocenters. The lowest BCUT2D eigenvalue weighted by molar-refractivity contribution is -0.115. The van der Waals surface area contributed by atoms with Gasteiger partial charge in [-0.3, -0.25) is 4.79 Å². The number of amidine groups is 1. The molecule has 24 heavy (non-hydrogen) atoms. The molecule has 4 N–H and O–H groups in total. The van der Waals surface area contributed by atoms with Gasteiger partial charge < -0.3 is 16.2 Å². The van der Waals surface area contributed by atoms with Gasteiger partial charge in [0.15, 0.2) is 5.17 Å². The first-order chi connectivity index (χ1) is 11.5. The molecule has 0 bridgehead atoms. The number of nitrogens with two attached hydrogens (primary N) is 1. The second-order valence-electron chi connectivity index (χ2n) is 5.50. The number of para-hydroxylation sites is 1. The molecule has 5 nitrogen and oxygen atoms in total. The van der Waals surface area contributed by atoms with Crippen molar-refractivity contribution in [1.82, 2.24) is 5.32 Å². The molecule has 2 aromatic rings. The minimum absolute atomic E-state index is 0.0855. The number of hydrogen-bond donors (Lipinski definition) is 3. The fraction of sp³-hybridized carbons (Fsp3) is 0.111.